The van der Waals surface area contributed by atoms with E-state index in [1.807, 2.05) is 0 Å². The van der Waals surface area contributed by atoms with Gasteiger partial charge in [0.1, 0.15) is 0 Å². The molecule has 0 bridgehead atoms. The maximum Gasteiger partial charge on any atom is 0.471 e. The zero-order chi connectivity index (χ0) is 14.4. The molecule has 104 valence electrons. The fourth-order valence-corrected chi connectivity index (χ4v) is 2.15. The Balaban J connectivity index is 2.43. The van der Waals surface area contributed by atoms with Gasteiger partial charge in [-0.05, 0) is 0 Å². The Bertz CT molecular complexity index is 538. The number of carboxylic acid groups (broad SMARTS) is 1. The number of carbonyl (C=O) groups is 2. The SMILES string of the molecule is Cn1cc2c(n1)CCN(C(=O)C(F)(F)F)C2C(=O)O. The minimum Gasteiger partial charge on any atom is -0.479 e. The smallest absolute Gasteiger partial charge is 0.471 e. The maximum atomic E-state index is 12.4. The number of carbonyl (C=O) groups excluding carboxylic acids is 1. The van der Waals surface area contributed by atoms with E-state index in [0.29, 0.717) is 10.6 Å². The predicted octanol–water partition coefficient (Wildman–Crippen LogP) is 0.493. The van der Waals surface area contributed by atoms with Gasteiger partial charge in [0.25, 0.3) is 0 Å². The molecule has 0 aliphatic carbocycles. The molecule has 1 N–H and O–H groups in total. The van der Waals surface area contributed by atoms with E-state index in [9.17, 15) is 22.8 Å². The van der Waals surface area contributed by atoms with Crippen molar-refractivity contribution < 1.29 is 27.9 Å². The topological polar surface area (TPSA) is 75.4 Å². The normalized spacial score (nSPS) is 19.2. The van der Waals surface area contributed by atoms with Crippen molar-refractivity contribution in [2.24, 2.45) is 7.05 Å². The van der Waals surface area contributed by atoms with Gasteiger partial charge in [0, 0.05) is 31.8 Å². The van der Waals surface area contributed by atoms with Crippen LogP contribution in [0.15, 0.2) is 6.20 Å². The van der Waals surface area contributed by atoms with Gasteiger partial charge in [0.2, 0.25) is 0 Å². The Morgan fingerprint density at radius 3 is 2.63 bits per heavy atom. The number of hydrogen-bond acceptors (Lipinski definition) is 3. The molecule has 1 atom stereocenters. The molecule has 1 amide bonds. The number of aromatic nitrogens is 2. The van der Waals surface area contributed by atoms with Crippen LogP contribution in [0.5, 0.6) is 0 Å². The molecular formula is C10H10F3N3O3. The van der Waals surface area contributed by atoms with E-state index >= 15 is 0 Å². The van der Waals surface area contributed by atoms with Gasteiger partial charge in [-0.3, -0.25) is 9.48 Å². The number of carboxylic acids is 1. The molecule has 1 aliphatic heterocycles. The van der Waals surface area contributed by atoms with Gasteiger partial charge in [-0.2, -0.15) is 18.3 Å². The second-order valence-electron chi connectivity index (χ2n) is 4.19. The average molecular weight is 277 g/mol. The Morgan fingerprint density at radius 1 is 1.47 bits per heavy atom. The van der Waals surface area contributed by atoms with Gasteiger partial charge >= 0.3 is 18.1 Å². The molecule has 1 aromatic heterocycles. The number of halogens is 3. The Kier molecular flexibility index (Phi) is 2.99. The van der Waals surface area contributed by atoms with Crippen LogP contribution in [-0.2, 0) is 23.1 Å². The molecule has 9 heteroatoms. The van der Waals surface area contributed by atoms with E-state index in [0.717, 1.165) is 0 Å². The van der Waals surface area contributed by atoms with Gasteiger partial charge in [-0.15, -0.1) is 0 Å². The van der Waals surface area contributed by atoms with E-state index in [2.05, 4.69) is 5.10 Å². The number of aliphatic carboxylic acids is 1. The quantitative estimate of drug-likeness (QED) is 0.810. The van der Waals surface area contributed by atoms with Crippen LogP contribution in [0, 0.1) is 0 Å². The molecule has 1 aromatic rings. The fraction of sp³-hybridized carbons (Fsp3) is 0.500. The van der Waals surface area contributed by atoms with Crippen LogP contribution in [0.4, 0.5) is 13.2 Å². The summed E-state index contributed by atoms with van der Waals surface area (Å²) in [5, 5.41) is 13.1. The van der Waals surface area contributed by atoms with E-state index < -0.39 is 24.1 Å². The monoisotopic (exact) mass is 277 g/mol. The van der Waals surface area contributed by atoms with E-state index in [-0.39, 0.29) is 18.5 Å². The van der Waals surface area contributed by atoms with Crippen molar-refractivity contribution in [2.45, 2.75) is 18.6 Å². The first-order valence-corrected chi connectivity index (χ1v) is 5.35. The number of nitrogens with zero attached hydrogens (tertiary/aromatic N) is 3. The molecule has 1 aliphatic rings. The van der Waals surface area contributed by atoms with Crippen molar-refractivity contribution in [1.29, 1.82) is 0 Å². The van der Waals surface area contributed by atoms with Crippen LogP contribution in [0.25, 0.3) is 0 Å². The van der Waals surface area contributed by atoms with Crippen LogP contribution in [-0.4, -0.2) is 44.4 Å². The van der Waals surface area contributed by atoms with E-state index in [4.69, 9.17) is 5.11 Å². The first-order valence-electron chi connectivity index (χ1n) is 5.35. The molecule has 1 unspecified atom stereocenters. The van der Waals surface area contributed by atoms with E-state index in [1.54, 1.807) is 0 Å². The van der Waals surface area contributed by atoms with Gasteiger partial charge in [-0.1, -0.05) is 0 Å². The summed E-state index contributed by atoms with van der Waals surface area (Å²) >= 11 is 0. The molecule has 2 rings (SSSR count). The zero-order valence-corrected chi connectivity index (χ0v) is 9.81. The molecule has 2 heterocycles. The van der Waals surface area contributed by atoms with Crippen molar-refractivity contribution in [2.75, 3.05) is 6.54 Å². The lowest BCUT2D eigenvalue weighted by Crippen LogP contribution is -2.48. The Labute approximate surface area is 105 Å². The highest BCUT2D eigenvalue weighted by Gasteiger charge is 2.48. The lowest BCUT2D eigenvalue weighted by molar-refractivity contribution is -0.190. The lowest BCUT2D eigenvalue weighted by atomic mass is 9.99. The molecule has 0 saturated heterocycles. The highest BCUT2D eigenvalue weighted by Crippen LogP contribution is 2.32. The molecule has 0 fully saturated rings. The largest absolute Gasteiger partial charge is 0.479 e. The third-order valence-electron chi connectivity index (χ3n) is 2.87. The minimum atomic E-state index is -5.09. The molecule has 6 nitrogen and oxygen atoms in total. The van der Waals surface area contributed by atoms with Crippen molar-refractivity contribution >= 4 is 11.9 Å². The summed E-state index contributed by atoms with van der Waals surface area (Å²) in [6, 6.07) is -1.65. The van der Waals surface area contributed by atoms with Crippen LogP contribution >= 0.6 is 0 Å². The highest BCUT2D eigenvalue weighted by atomic mass is 19.4. The van der Waals surface area contributed by atoms with Crippen LogP contribution in [0.1, 0.15) is 17.3 Å². The fourth-order valence-electron chi connectivity index (χ4n) is 2.15. The van der Waals surface area contributed by atoms with Crippen molar-refractivity contribution in [3.05, 3.63) is 17.5 Å². The third kappa shape index (κ3) is 2.27. The number of aryl methyl sites for hydroxylation is 1. The first-order chi connectivity index (χ1) is 8.71. The summed E-state index contributed by atoms with van der Waals surface area (Å²) in [5.41, 5.74) is 0.528. The summed E-state index contributed by atoms with van der Waals surface area (Å²) in [6.45, 7) is -0.320. The van der Waals surface area contributed by atoms with Gasteiger partial charge in [0.05, 0.1) is 5.69 Å². The standard InChI is InChI=1S/C10H10F3N3O3/c1-15-4-5-6(14-15)2-3-16(7(5)8(17)18)9(19)10(11,12)13/h4,7H,2-3H2,1H3,(H,17,18). The van der Waals surface area contributed by atoms with Crippen molar-refractivity contribution in [3.8, 4) is 0 Å². The number of rotatable bonds is 1. The second-order valence-corrected chi connectivity index (χ2v) is 4.19. The summed E-state index contributed by atoms with van der Waals surface area (Å²) in [7, 11) is 1.53. The first kappa shape index (κ1) is 13.4. The van der Waals surface area contributed by atoms with E-state index in [1.165, 1.54) is 17.9 Å². The number of amides is 1. The Morgan fingerprint density at radius 2 is 2.11 bits per heavy atom. The summed E-state index contributed by atoms with van der Waals surface area (Å²) in [6.07, 6.45) is -3.67. The third-order valence-corrected chi connectivity index (χ3v) is 2.87. The predicted molar refractivity (Wildman–Crippen MR) is 55.1 cm³/mol. The molecule has 0 radical (unpaired) electrons. The van der Waals surface area contributed by atoms with Gasteiger partial charge in [0.15, 0.2) is 6.04 Å². The number of fused-ring (bicyclic) bond motifs is 1. The molecule has 0 spiro atoms. The number of alkyl halides is 3. The van der Waals surface area contributed by atoms with Gasteiger partial charge < -0.3 is 10.0 Å². The van der Waals surface area contributed by atoms with Crippen LogP contribution in [0.2, 0.25) is 0 Å². The van der Waals surface area contributed by atoms with Crippen LogP contribution in [0.3, 0.4) is 0 Å². The van der Waals surface area contributed by atoms with Gasteiger partial charge in [-0.25, -0.2) is 4.79 Å². The molecule has 19 heavy (non-hydrogen) atoms. The summed E-state index contributed by atoms with van der Waals surface area (Å²) < 4.78 is 38.7. The molecule has 0 aromatic carbocycles. The lowest BCUT2D eigenvalue weighted by Gasteiger charge is -2.32. The Hall–Kier alpha value is -2.06. The highest BCUT2D eigenvalue weighted by molar-refractivity contribution is 5.88. The van der Waals surface area contributed by atoms with Crippen molar-refractivity contribution in [3.63, 3.8) is 0 Å². The summed E-state index contributed by atoms with van der Waals surface area (Å²) in [5.74, 6) is -3.65. The maximum absolute atomic E-state index is 12.4. The van der Waals surface area contributed by atoms with Crippen LogP contribution < -0.4 is 0 Å². The average Bonchev–Trinajstić information content (AvgIpc) is 2.64. The molecular weight excluding hydrogens is 267 g/mol. The minimum absolute atomic E-state index is 0.0990. The summed E-state index contributed by atoms with van der Waals surface area (Å²) in [4.78, 5) is 22.8. The van der Waals surface area contributed by atoms with Crippen molar-refractivity contribution in [1.82, 2.24) is 14.7 Å². The molecule has 0 saturated carbocycles. The second kappa shape index (κ2) is 4.25. The number of hydrogen-bond donors (Lipinski definition) is 1. The zero-order valence-electron chi connectivity index (χ0n) is 9.81.